The number of ether oxygens (including phenoxy) is 1. The van der Waals surface area contributed by atoms with E-state index in [0.717, 1.165) is 28.9 Å². The molecule has 0 aliphatic heterocycles. The molecule has 2 aromatic carbocycles. The van der Waals surface area contributed by atoms with Gasteiger partial charge in [-0.3, -0.25) is 4.79 Å². The minimum Gasteiger partial charge on any atom is -0.468 e. The van der Waals surface area contributed by atoms with E-state index in [-0.39, 0.29) is 5.97 Å². The van der Waals surface area contributed by atoms with Gasteiger partial charge in [0.1, 0.15) is 0 Å². The summed E-state index contributed by atoms with van der Waals surface area (Å²) in [5, 5.41) is 8.92. The van der Waals surface area contributed by atoms with E-state index in [1.807, 2.05) is 55.5 Å². The zero-order chi connectivity index (χ0) is 20.0. The molecular weight excluding hydrogens is 348 g/mol. The van der Waals surface area contributed by atoms with E-state index >= 15 is 0 Å². The first-order valence-electron chi connectivity index (χ1n) is 9.69. The van der Waals surface area contributed by atoms with E-state index in [1.54, 1.807) is 0 Å². The predicted molar refractivity (Wildman–Crippen MR) is 113 cm³/mol. The minimum atomic E-state index is -0.574. The van der Waals surface area contributed by atoms with Crippen molar-refractivity contribution in [2.24, 2.45) is 15.6 Å². The van der Waals surface area contributed by atoms with Crippen LogP contribution in [0, 0.1) is 5.41 Å². The van der Waals surface area contributed by atoms with Gasteiger partial charge >= 0.3 is 5.97 Å². The van der Waals surface area contributed by atoms with Crippen molar-refractivity contribution >= 4 is 22.9 Å². The van der Waals surface area contributed by atoms with Crippen molar-refractivity contribution in [1.29, 1.82) is 0 Å². The van der Waals surface area contributed by atoms with Gasteiger partial charge in [0.15, 0.2) is 0 Å². The maximum Gasteiger partial charge on any atom is 0.315 e. The maximum atomic E-state index is 12.2. The molecule has 0 amide bonds. The molecule has 0 N–H and O–H groups in total. The Kier molecular flexibility index (Phi) is 6.19. The number of carbonyl (C=O) groups excluding carboxylic acids is 1. The van der Waals surface area contributed by atoms with E-state index < -0.39 is 5.41 Å². The smallest absolute Gasteiger partial charge is 0.315 e. The number of methoxy groups -OCH3 is 1. The molecule has 4 heteroatoms. The zero-order valence-electron chi connectivity index (χ0n) is 16.7. The molecule has 4 nitrogen and oxygen atoms in total. The largest absolute Gasteiger partial charge is 0.468 e. The fourth-order valence-corrected chi connectivity index (χ4v) is 3.39. The van der Waals surface area contributed by atoms with Crippen molar-refractivity contribution < 1.29 is 9.53 Å². The van der Waals surface area contributed by atoms with Gasteiger partial charge < -0.3 is 4.74 Å². The summed E-state index contributed by atoms with van der Waals surface area (Å²) < 4.78 is 5.00. The molecule has 0 bridgehead atoms. The van der Waals surface area contributed by atoms with E-state index in [0.29, 0.717) is 12.8 Å². The third-order valence-electron chi connectivity index (χ3n) is 5.30. The molecule has 1 atom stereocenters. The summed E-state index contributed by atoms with van der Waals surface area (Å²) >= 11 is 0. The second-order valence-electron chi connectivity index (χ2n) is 6.94. The number of aryl methyl sites for hydroxylation is 1. The van der Waals surface area contributed by atoms with Crippen molar-refractivity contribution in [3.8, 4) is 0 Å². The van der Waals surface area contributed by atoms with Gasteiger partial charge in [-0.15, -0.1) is 5.11 Å². The standard InChI is InChI=1S/C24H26N2O2/c1-4-18-9-8-10-20(17-18)25-26-22-12-7-6-11-21(22)19-13-15-24(5-2,16-14-19)23(27)28-3/h6-15,17H,4-5,16H2,1-3H3/b26-25+. The Morgan fingerprint density at radius 2 is 1.93 bits per heavy atom. The summed E-state index contributed by atoms with van der Waals surface area (Å²) in [6.07, 6.45) is 8.34. The third kappa shape index (κ3) is 4.11. The van der Waals surface area contributed by atoms with Gasteiger partial charge in [0.2, 0.25) is 0 Å². The number of nitrogens with zero attached hydrogens (tertiary/aromatic N) is 2. The minimum absolute atomic E-state index is 0.190. The van der Waals surface area contributed by atoms with Gasteiger partial charge in [0.05, 0.1) is 23.9 Å². The normalized spacial score (nSPS) is 18.9. The van der Waals surface area contributed by atoms with E-state index in [4.69, 9.17) is 4.74 Å². The molecule has 0 radical (unpaired) electrons. The summed E-state index contributed by atoms with van der Waals surface area (Å²) in [6, 6.07) is 16.0. The first kappa shape index (κ1) is 19.7. The van der Waals surface area contributed by atoms with E-state index in [1.165, 1.54) is 12.7 Å². The average Bonchev–Trinajstić information content (AvgIpc) is 2.77. The second kappa shape index (κ2) is 8.79. The molecule has 1 aliphatic carbocycles. The molecule has 0 saturated carbocycles. The Hall–Kier alpha value is -3.01. The van der Waals surface area contributed by atoms with Crippen molar-refractivity contribution in [3.05, 3.63) is 77.9 Å². The Morgan fingerprint density at radius 3 is 2.61 bits per heavy atom. The Balaban J connectivity index is 1.87. The highest BCUT2D eigenvalue weighted by molar-refractivity contribution is 5.86. The number of rotatable bonds is 6. The summed E-state index contributed by atoms with van der Waals surface area (Å²) in [5.74, 6) is -0.190. The van der Waals surface area contributed by atoms with Crippen LogP contribution in [0.15, 0.2) is 77.0 Å². The number of azo groups is 1. The number of benzene rings is 2. The van der Waals surface area contributed by atoms with Gasteiger partial charge in [0.25, 0.3) is 0 Å². The molecule has 1 unspecified atom stereocenters. The lowest BCUT2D eigenvalue weighted by Crippen LogP contribution is -2.30. The van der Waals surface area contributed by atoms with Crippen LogP contribution in [0.2, 0.25) is 0 Å². The van der Waals surface area contributed by atoms with Crippen molar-refractivity contribution in [2.75, 3.05) is 7.11 Å². The number of allylic oxidation sites excluding steroid dienone is 3. The zero-order valence-corrected chi connectivity index (χ0v) is 16.7. The maximum absolute atomic E-state index is 12.2. The molecule has 28 heavy (non-hydrogen) atoms. The molecule has 0 spiro atoms. The summed E-state index contributed by atoms with van der Waals surface area (Å²) in [5.41, 5.74) is 4.37. The second-order valence-corrected chi connectivity index (χ2v) is 6.94. The topological polar surface area (TPSA) is 51.0 Å². The molecule has 0 fully saturated rings. The van der Waals surface area contributed by atoms with Crippen molar-refractivity contribution in [3.63, 3.8) is 0 Å². The lowest BCUT2D eigenvalue weighted by atomic mass is 9.77. The van der Waals surface area contributed by atoms with Crippen LogP contribution < -0.4 is 0 Å². The van der Waals surface area contributed by atoms with Gasteiger partial charge in [-0.25, -0.2) is 0 Å². The molecule has 3 rings (SSSR count). The van der Waals surface area contributed by atoms with Gasteiger partial charge in [-0.05, 0) is 48.6 Å². The number of carbonyl (C=O) groups is 1. The third-order valence-corrected chi connectivity index (χ3v) is 5.30. The quantitative estimate of drug-likeness (QED) is 0.424. The molecule has 0 heterocycles. The Labute approximate surface area is 166 Å². The number of hydrogen-bond donors (Lipinski definition) is 0. The molecule has 144 valence electrons. The SMILES string of the molecule is CCc1cccc(/N=N/c2ccccc2C2=CCC(CC)(C(=O)OC)C=C2)c1. The average molecular weight is 374 g/mol. The fraction of sp³-hybridized carbons (Fsp3) is 0.292. The highest BCUT2D eigenvalue weighted by atomic mass is 16.5. The first-order valence-corrected chi connectivity index (χ1v) is 9.69. The van der Waals surface area contributed by atoms with Crippen molar-refractivity contribution in [1.82, 2.24) is 0 Å². The summed E-state index contributed by atoms with van der Waals surface area (Å²) in [6.45, 7) is 4.13. The molecular formula is C24H26N2O2. The summed E-state index contributed by atoms with van der Waals surface area (Å²) in [4.78, 5) is 12.2. The highest BCUT2D eigenvalue weighted by Gasteiger charge is 2.36. The van der Waals surface area contributed by atoms with Crippen LogP contribution >= 0.6 is 0 Å². The predicted octanol–water partition coefficient (Wildman–Crippen LogP) is 6.58. The lowest BCUT2D eigenvalue weighted by Gasteiger charge is -2.28. The monoisotopic (exact) mass is 374 g/mol. The van der Waals surface area contributed by atoms with E-state index in [9.17, 15) is 4.79 Å². The molecule has 0 saturated heterocycles. The first-order chi connectivity index (χ1) is 13.6. The lowest BCUT2D eigenvalue weighted by molar-refractivity contribution is -0.149. The Bertz CT molecular complexity index is 943. The van der Waals surface area contributed by atoms with Gasteiger partial charge in [-0.1, -0.05) is 62.4 Å². The van der Waals surface area contributed by atoms with E-state index in [2.05, 4.69) is 35.4 Å². The number of esters is 1. The van der Waals surface area contributed by atoms with Crippen LogP contribution in [0.3, 0.4) is 0 Å². The van der Waals surface area contributed by atoms with Gasteiger partial charge in [-0.2, -0.15) is 5.11 Å². The van der Waals surface area contributed by atoms with Gasteiger partial charge in [0, 0.05) is 5.56 Å². The number of hydrogen-bond acceptors (Lipinski definition) is 4. The van der Waals surface area contributed by atoms with Crippen LogP contribution in [0.25, 0.3) is 5.57 Å². The van der Waals surface area contributed by atoms with Crippen LogP contribution in [0.5, 0.6) is 0 Å². The highest BCUT2D eigenvalue weighted by Crippen LogP contribution is 2.39. The van der Waals surface area contributed by atoms with Crippen LogP contribution in [-0.4, -0.2) is 13.1 Å². The van der Waals surface area contributed by atoms with Crippen LogP contribution in [0.4, 0.5) is 11.4 Å². The molecule has 2 aromatic rings. The fourth-order valence-electron chi connectivity index (χ4n) is 3.39. The molecule has 1 aliphatic rings. The van der Waals surface area contributed by atoms with Crippen LogP contribution in [-0.2, 0) is 16.0 Å². The Morgan fingerprint density at radius 1 is 1.11 bits per heavy atom. The van der Waals surface area contributed by atoms with Crippen molar-refractivity contribution in [2.45, 2.75) is 33.1 Å². The molecule has 0 aromatic heterocycles. The summed E-state index contributed by atoms with van der Waals surface area (Å²) in [7, 11) is 1.44. The van der Waals surface area contributed by atoms with Crippen LogP contribution in [0.1, 0.15) is 37.8 Å².